The van der Waals surface area contributed by atoms with E-state index in [9.17, 15) is 4.79 Å². The van der Waals surface area contributed by atoms with E-state index in [4.69, 9.17) is 0 Å². The number of ketones is 1. The minimum Gasteiger partial charge on any atom is -0.316 e. The number of hydrogen-bond acceptors (Lipinski definition) is 2. The first-order chi connectivity index (χ1) is 9.15. The summed E-state index contributed by atoms with van der Waals surface area (Å²) in [6.45, 7) is 6.52. The summed E-state index contributed by atoms with van der Waals surface area (Å²) in [7, 11) is 0. The SMILES string of the molecule is CC(C)Cc1cccc(C(=O)CC2CCCNC2)c1. The van der Waals surface area contributed by atoms with Gasteiger partial charge < -0.3 is 5.32 Å². The molecule has 0 aliphatic carbocycles. The van der Waals surface area contributed by atoms with Crippen molar-refractivity contribution in [2.24, 2.45) is 11.8 Å². The van der Waals surface area contributed by atoms with Gasteiger partial charge in [0.15, 0.2) is 5.78 Å². The van der Waals surface area contributed by atoms with E-state index in [2.05, 4.69) is 31.3 Å². The molecular formula is C17H25NO. The molecule has 1 aromatic carbocycles. The maximum atomic E-state index is 12.3. The van der Waals surface area contributed by atoms with Crippen LogP contribution in [0.3, 0.4) is 0 Å². The van der Waals surface area contributed by atoms with Gasteiger partial charge in [0.05, 0.1) is 0 Å². The molecule has 0 radical (unpaired) electrons. The Morgan fingerprint density at radius 3 is 2.95 bits per heavy atom. The van der Waals surface area contributed by atoms with Gasteiger partial charge in [-0.2, -0.15) is 0 Å². The molecule has 0 aromatic heterocycles. The van der Waals surface area contributed by atoms with E-state index in [1.54, 1.807) is 0 Å². The quantitative estimate of drug-likeness (QED) is 0.821. The fraction of sp³-hybridized carbons (Fsp3) is 0.588. The molecule has 1 aliphatic heterocycles. The fourth-order valence-corrected chi connectivity index (χ4v) is 2.82. The van der Waals surface area contributed by atoms with Gasteiger partial charge in [-0.25, -0.2) is 0 Å². The van der Waals surface area contributed by atoms with E-state index in [0.717, 1.165) is 25.1 Å². The van der Waals surface area contributed by atoms with Gasteiger partial charge in [0.1, 0.15) is 0 Å². The fourth-order valence-electron chi connectivity index (χ4n) is 2.82. The van der Waals surface area contributed by atoms with Crippen LogP contribution >= 0.6 is 0 Å². The first-order valence-corrected chi connectivity index (χ1v) is 7.48. The van der Waals surface area contributed by atoms with Crippen molar-refractivity contribution in [2.45, 2.75) is 39.5 Å². The number of rotatable bonds is 5. The molecule has 2 heteroatoms. The molecule has 1 heterocycles. The molecule has 0 spiro atoms. The molecule has 1 aromatic rings. The van der Waals surface area contributed by atoms with Crippen molar-refractivity contribution in [1.82, 2.24) is 5.32 Å². The number of nitrogens with one attached hydrogen (secondary N) is 1. The average molecular weight is 259 g/mol. The second-order valence-corrected chi connectivity index (χ2v) is 6.14. The molecule has 0 bridgehead atoms. The van der Waals surface area contributed by atoms with Gasteiger partial charge in [0, 0.05) is 12.0 Å². The average Bonchev–Trinajstić information content (AvgIpc) is 2.39. The summed E-state index contributed by atoms with van der Waals surface area (Å²) in [6, 6.07) is 8.18. The van der Waals surface area contributed by atoms with Gasteiger partial charge in [-0.05, 0) is 55.8 Å². The summed E-state index contributed by atoms with van der Waals surface area (Å²) in [5.74, 6) is 1.46. The van der Waals surface area contributed by atoms with Crippen LogP contribution < -0.4 is 5.32 Å². The van der Waals surface area contributed by atoms with Gasteiger partial charge >= 0.3 is 0 Å². The molecule has 0 saturated carbocycles. The zero-order valence-electron chi connectivity index (χ0n) is 12.1. The highest BCUT2D eigenvalue weighted by Gasteiger charge is 2.17. The summed E-state index contributed by atoms with van der Waals surface area (Å²) in [5, 5.41) is 3.38. The Balaban J connectivity index is 1.97. The van der Waals surface area contributed by atoms with E-state index in [-0.39, 0.29) is 0 Å². The molecule has 1 N–H and O–H groups in total. The van der Waals surface area contributed by atoms with E-state index in [1.807, 2.05) is 12.1 Å². The number of benzene rings is 1. The summed E-state index contributed by atoms with van der Waals surface area (Å²) in [4.78, 5) is 12.3. The van der Waals surface area contributed by atoms with E-state index < -0.39 is 0 Å². The maximum Gasteiger partial charge on any atom is 0.163 e. The zero-order valence-corrected chi connectivity index (χ0v) is 12.1. The third kappa shape index (κ3) is 4.46. The molecule has 1 atom stereocenters. The predicted molar refractivity (Wildman–Crippen MR) is 79.5 cm³/mol. The summed E-state index contributed by atoms with van der Waals surface area (Å²) in [5.41, 5.74) is 2.17. The van der Waals surface area contributed by atoms with Crippen LogP contribution in [-0.2, 0) is 6.42 Å². The number of piperidine rings is 1. The highest BCUT2D eigenvalue weighted by molar-refractivity contribution is 5.96. The molecular weight excluding hydrogens is 234 g/mol. The Bertz CT molecular complexity index is 419. The topological polar surface area (TPSA) is 29.1 Å². The third-order valence-electron chi connectivity index (χ3n) is 3.77. The smallest absolute Gasteiger partial charge is 0.163 e. The zero-order chi connectivity index (χ0) is 13.7. The van der Waals surface area contributed by atoms with Gasteiger partial charge in [0.25, 0.3) is 0 Å². The van der Waals surface area contributed by atoms with Gasteiger partial charge in [0.2, 0.25) is 0 Å². The Hall–Kier alpha value is -1.15. The third-order valence-corrected chi connectivity index (χ3v) is 3.77. The maximum absolute atomic E-state index is 12.3. The van der Waals surface area contributed by atoms with Crippen molar-refractivity contribution in [1.29, 1.82) is 0 Å². The number of hydrogen-bond donors (Lipinski definition) is 1. The lowest BCUT2D eigenvalue weighted by molar-refractivity contribution is 0.0953. The molecule has 1 fully saturated rings. The normalized spacial score (nSPS) is 19.6. The van der Waals surface area contributed by atoms with Crippen LogP contribution in [0.25, 0.3) is 0 Å². The second kappa shape index (κ2) is 6.85. The Morgan fingerprint density at radius 2 is 2.26 bits per heavy atom. The van der Waals surface area contributed by atoms with Crippen LogP contribution in [0, 0.1) is 11.8 Å². The van der Waals surface area contributed by atoms with Crippen molar-refractivity contribution in [2.75, 3.05) is 13.1 Å². The van der Waals surface area contributed by atoms with Crippen molar-refractivity contribution in [3.63, 3.8) is 0 Å². The summed E-state index contributed by atoms with van der Waals surface area (Å²) in [6.07, 6.45) is 4.12. The number of Topliss-reactive ketones (excluding diaryl/α,β-unsaturated/α-hetero) is 1. The Morgan fingerprint density at radius 1 is 1.42 bits per heavy atom. The van der Waals surface area contributed by atoms with Crippen LogP contribution in [0.5, 0.6) is 0 Å². The lowest BCUT2D eigenvalue weighted by Gasteiger charge is -2.22. The molecule has 1 unspecified atom stereocenters. The van der Waals surface area contributed by atoms with Crippen LogP contribution in [-0.4, -0.2) is 18.9 Å². The van der Waals surface area contributed by atoms with Gasteiger partial charge in [-0.15, -0.1) is 0 Å². The van der Waals surface area contributed by atoms with Gasteiger partial charge in [-0.3, -0.25) is 4.79 Å². The molecule has 19 heavy (non-hydrogen) atoms. The van der Waals surface area contributed by atoms with Gasteiger partial charge in [-0.1, -0.05) is 32.0 Å². The molecule has 0 amide bonds. The number of carbonyl (C=O) groups is 1. The monoisotopic (exact) mass is 259 g/mol. The first kappa shape index (κ1) is 14.3. The Labute approximate surface area is 116 Å². The Kier molecular flexibility index (Phi) is 5.15. The van der Waals surface area contributed by atoms with Crippen molar-refractivity contribution < 1.29 is 4.79 Å². The summed E-state index contributed by atoms with van der Waals surface area (Å²) < 4.78 is 0. The minimum absolute atomic E-state index is 0.305. The molecule has 104 valence electrons. The van der Waals surface area contributed by atoms with E-state index in [0.29, 0.717) is 24.0 Å². The summed E-state index contributed by atoms with van der Waals surface area (Å²) >= 11 is 0. The van der Waals surface area contributed by atoms with E-state index in [1.165, 1.54) is 18.4 Å². The van der Waals surface area contributed by atoms with Crippen LogP contribution in [0.4, 0.5) is 0 Å². The van der Waals surface area contributed by atoms with E-state index >= 15 is 0 Å². The lowest BCUT2D eigenvalue weighted by Crippen LogP contribution is -2.31. The minimum atomic E-state index is 0.305. The van der Waals surface area contributed by atoms with Crippen LogP contribution in [0.15, 0.2) is 24.3 Å². The highest BCUT2D eigenvalue weighted by Crippen LogP contribution is 2.18. The lowest BCUT2D eigenvalue weighted by atomic mass is 9.91. The van der Waals surface area contributed by atoms with Crippen LogP contribution in [0.1, 0.15) is 49.0 Å². The first-order valence-electron chi connectivity index (χ1n) is 7.48. The molecule has 2 rings (SSSR count). The number of carbonyl (C=O) groups excluding carboxylic acids is 1. The molecule has 1 saturated heterocycles. The van der Waals surface area contributed by atoms with Crippen molar-refractivity contribution in [3.05, 3.63) is 35.4 Å². The van der Waals surface area contributed by atoms with Crippen molar-refractivity contribution >= 4 is 5.78 Å². The van der Waals surface area contributed by atoms with Crippen molar-refractivity contribution in [3.8, 4) is 0 Å². The largest absolute Gasteiger partial charge is 0.316 e. The standard InChI is InChI=1S/C17H25NO/c1-13(2)9-14-5-3-7-16(10-14)17(19)11-15-6-4-8-18-12-15/h3,5,7,10,13,15,18H,4,6,8-9,11-12H2,1-2H3. The highest BCUT2D eigenvalue weighted by atomic mass is 16.1. The van der Waals surface area contributed by atoms with Crippen LogP contribution in [0.2, 0.25) is 0 Å². The molecule has 2 nitrogen and oxygen atoms in total. The molecule has 1 aliphatic rings. The predicted octanol–water partition coefficient (Wildman–Crippen LogP) is 3.46. The second-order valence-electron chi connectivity index (χ2n) is 6.14.